The van der Waals surface area contributed by atoms with E-state index < -0.39 is 0 Å². The first-order chi connectivity index (χ1) is 16.9. The first kappa shape index (κ1) is 34.5. The maximum Gasteiger partial charge on any atom is -0.0623 e. The molecule has 0 amide bonds. The third-order valence-electron chi connectivity index (χ3n) is 6.33. The molecular weight excluding hydrogens is 583 g/mol. The Hall–Kier alpha value is -1.53. The van der Waals surface area contributed by atoms with E-state index >= 15 is 0 Å². The maximum atomic E-state index is 3.53. The minimum Gasteiger partial charge on any atom is -1.00 e. The number of allylic oxidation sites excluding steroid dienone is 4. The van der Waals surface area contributed by atoms with E-state index in [-0.39, 0.29) is 35.6 Å². The molecule has 2 aliphatic rings. The van der Waals surface area contributed by atoms with Gasteiger partial charge in [-0.2, -0.15) is 41.0 Å². The standard InChI is InChI=1S/C21H25.C11H9.C3H6.2ClH.Zr/c1-20(2,3)16-9-7-14-11-15-8-10-17(21(4,5)6)13-19(15)18(14)12-16;1-2-6-10(7-3-1)11-8-4-5-9-11;1-3-2;;;/h7,9-10,12-13H,11H2,1-6H3;1-3,6-9H,4H2;1-2H3;2*1H;/q2*-1;;;;+2/p-2. The maximum absolute atomic E-state index is 3.53. The van der Waals surface area contributed by atoms with Crippen molar-refractivity contribution >= 4 is 8.78 Å². The van der Waals surface area contributed by atoms with E-state index in [9.17, 15) is 0 Å². The van der Waals surface area contributed by atoms with Gasteiger partial charge >= 0.3 is 41.3 Å². The Kier molecular flexibility index (Phi) is 13.4. The third-order valence-corrected chi connectivity index (χ3v) is 6.33. The molecule has 3 heteroatoms. The monoisotopic (exact) mass is 620 g/mol. The average Bonchev–Trinajstić information content (AvgIpc) is 3.46. The molecule has 0 radical (unpaired) electrons. The van der Waals surface area contributed by atoms with Crippen LogP contribution in [-0.4, -0.2) is 3.21 Å². The van der Waals surface area contributed by atoms with Crippen LogP contribution in [0.25, 0.3) is 16.7 Å². The van der Waals surface area contributed by atoms with Crippen molar-refractivity contribution in [2.45, 2.75) is 79.1 Å². The normalized spacial score (nSPS) is 12.8. The molecular formula is C35H40Cl2Zr-2. The Labute approximate surface area is 259 Å². The summed E-state index contributed by atoms with van der Waals surface area (Å²) < 4.78 is 1.51. The predicted octanol–water partition coefficient (Wildman–Crippen LogP) is 3.24. The van der Waals surface area contributed by atoms with Gasteiger partial charge in [-0.1, -0.05) is 107 Å². The first-order valence-electron chi connectivity index (χ1n) is 12.9. The van der Waals surface area contributed by atoms with Crippen LogP contribution in [0.2, 0.25) is 0 Å². The molecule has 0 aromatic heterocycles. The van der Waals surface area contributed by atoms with Crippen LogP contribution in [0.15, 0.2) is 72.8 Å². The van der Waals surface area contributed by atoms with Gasteiger partial charge in [-0.05, 0) is 17.4 Å². The quantitative estimate of drug-likeness (QED) is 0.286. The van der Waals surface area contributed by atoms with Gasteiger partial charge in [0, 0.05) is 0 Å². The minimum atomic E-state index is 0. The largest absolute Gasteiger partial charge is 1.00 e. The SMILES string of the molecule is CC(C)(C)c1c[c-]c2c(c1)-c1cc(C(C)(C)C)ccc1C2.C[C](C)=[Zr+2].[C-]1=CC(c2ccccc2)=CC1.[Cl-].[Cl-]. The van der Waals surface area contributed by atoms with Gasteiger partial charge in [0.1, 0.15) is 0 Å². The van der Waals surface area contributed by atoms with Crippen LogP contribution in [0.5, 0.6) is 0 Å². The second kappa shape index (κ2) is 14.7. The van der Waals surface area contributed by atoms with Crippen molar-refractivity contribution in [2.24, 2.45) is 0 Å². The number of benzene rings is 3. The van der Waals surface area contributed by atoms with Gasteiger partial charge in [-0.3, -0.25) is 6.08 Å². The predicted molar refractivity (Wildman–Crippen MR) is 154 cm³/mol. The van der Waals surface area contributed by atoms with Gasteiger partial charge < -0.3 is 24.8 Å². The van der Waals surface area contributed by atoms with Gasteiger partial charge in [0.25, 0.3) is 0 Å². The van der Waals surface area contributed by atoms with Crippen LogP contribution in [0.4, 0.5) is 0 Å². The van der Waals surface area contributed by atoms with Crippen molar-refractivity contribution in [3.8, 4) is 11.1 Å². The molecule has 38 heavy (non-hydrogen) atoms. The van der Waals surface area contributed by atoms with Crippen molar-refractivity contribution in [1.82, 2.24) is 0 Å². The van der Waals surface area contributed by atoms with Gasteiger partial charge in [-0.25, -0.2) is 6.08 Å². The molecule has 0 aliphatic heterocycles. The van der Waals surface area contributed by atoms with E-state index in [1.165, 1.54) is 47.7 Å². The summed E-state index contributed by atoms with van der Waals surface area (Å²) in [4.78, 5) is 0. The number of hydrogen-bond acceptors (Lipinski definition) is 0. The zero-order chi connectivity index (χ0) is 26.5. The Morgan fingerprint density at radius 3 is 1.89 bits per heavy atom. The molecule has 0 N–H and O–H groups in total. The van der Waals surface area contributed by atoms with E-state index in [4.69, 9.17) is 0 Å². The molecule has 0 fully saturated rings. The molecule has 0 saturated heterocycles. The van der Waals surface area contributed by atoms with Crippen molar-refractivity contribution in [2.75, 3.05) is 0 Å². The first-order valence-corrected chi connectivity index (χ1v) is 14.1. The summed E-state index contributed by atoms with van der Waals surface area (Å²) >= 11 is 1.55. The Morgan fingerprint density at radius 1 is 0.789 bits per heavy atom. The van der Waals surface area contributed by atoms with Gasteiger partial charge in [0.15, 0.2) is 0 Å². The molecule has 0 nitrogen and oxygen atoms in total. The molecule has 0 heterocycles. The zero-order valence-electron chi connectivity index (χ0n) is 24.1. The third kappa shape index (κ3) is 9.59. The van der Waals surface area contributed by atoms with Crippen LogP contribution in [0, 0.1) is 12.1 Å². The van der Waals surface area contributed by atoms with Crippen molar-refractivity contribution in [3.63, 3.8) is 0 Å². The summed E-state index contributed by atoms with van der Waals surface area (Å²) in [5.41, 5.74) is 11.3. The summed E-state index contributed by atoms with van der Waals surface area (Å²) in [5.74, 6) is 0. The molecule has 0 spiro atoms. The Balaban J connectivity index is 0.000000358. The van der Waals surface area contributed by atoms with Crippen molar-refractivity contribution in [1.29, 1.82) is 0 Å². The molecule has 0 atom stereocenters. The van der Waals surface area contributed by atoms with E-state index in [2.05, 4.69) is 134 Å². The van der Waals surface area contributed by atoms with Crippen molar-refractivity contribution in [3.05, 3.63) is 113 Å². The summed E-state index contributed by atoms with van der Waals surface area (Å²) in [5, 5.41) is 0. The van der Waals surface area contributed by atoms with Crippen LogP contribution in [-0.2, 0) is 41.5 Å². The zero-order valence-corrected chi connectivity index (χ0v) is 28.1. The topological polar surface area (TPSA) is 0 Å². The Morgan fingerprint density at radius 2 is 1.37 bits per heavy atom. The summed E-state index contributed by atoms with van der Waals surface area (Å²) in [6.45, 7) is 17.9. The molecule has 200 valence electrons. The summed E-state index contributed by atoms with van der Waals surface area (Å²) in [7, 11) is 0. The van der Waals surface area contributed by atoms with E-state index in [1.807, 2.05) is 6.07 Å². The van der Waals surface area contributed by atoms with Crippen LogP contribution < -0.4 is 24.8 Å². The molecule has 0 bridgehead atoms. The number of rotatable bonds is 1. The molecule has 2 aliphatic carbocycles. The van der Waals surface area contributed by atoms with E-state index in [0.717, 1.165) is 12.8 Å². The fourth-order valence-electron chi connectivity index (χ4n) is 4.21. The fraction of sp³-hybridized carbons (Fsp3) is 0.343. The molecule has 3 aromatic carbocycles. The van der Waals surface area contributed by atoms with Gasteiger partial charge in [0.05, 0.1) is 0 Å². The van der Waals surface area contributed by atoms with Crippen LogP contribution in [0.3, 0.4) is 0 Å². The molecule has 3 aromatic rings. The number of fused-ring (bicyclic) bond motifs is 3. The second-order valence-electron chi connectivity index (χ2n) is 11.9. The van der Waals surface area contributed by atoms with E-state index in [1.54, 1.807) is 24.2 Å². The van der Waals surface area contributed by atoms with Crippen LogP contribution in [0.1, 0.15) is 89.6 Å². The average molecular weight is 623 g/mol. The molecule has 0 saturated carbocycles. The van der Waals surface area contributed by atoms with Crippen LogP contribution >= 0.6 is 0 Å². The fourth-order valence-corrected chi connectivity index (χ4v) is 4.21. The second-order valence-corrected chi connectivity index (χ2v) is 14.4. The number of hydrogen-bond donors (Lipinski definition) is 0. The Bertz CT molecular complexity index is 1200. The smallest absolute Gasteiger partial charge is 0.0623 e. The van der Waals surface area contributed by atoms with Gasteiger partial charge in [-0.15, -0.1) is 17.5 Å². The molecule has 0 unspecified atom stereocenters. The number of halogens is 2. The summed E-state index contributed by atoms with van der Waals surface area (Å²) in [6.07, 6.45) is 9.38. The van der Waals surface area contributed by atoms with Crippen molar-refractivity contribution < 1.29 is 49.0 Å². The summed E-state index contributed by atoms with van der Waals surface area (Å²) in [6, 6.07) is 25.5. The van der Waals surface area contributed by atoms with E-state index in [0.29, 0.717) is 0 Å². The minimum absolute atomic E-state index is 0. The van der Waals surface area contributed by atoms with Gasteiger partial charge in [0.2, 0.25) is 0 Å². The molecule has 5 rings (SSSR count).